The second-order valence-corrected chi connectivity index (χ2v) is 3.24. The van der Waals surface area contributed by atoms with Crippen molar-refractivity contribution < 1.29 is 9.59 Å². The van der Waals surface area contributed by atoms with Crippen LogP contribution in [0.15, 0.2) is 0 Å². The zero-order chi connectivity index (χ0) is 10.6. The van der Waals surface area contributed by atoms with Crippen LogP contribution in [0.2, 0.25) is 0 Å². The van der Waals surface area contributed by atoms with E-state index < -0.39 is 0 Å². The third kappa shape index (κ3) is 8.99. The minimum atomic E-state index is 0.0437. The zero-order valence-electron chi connectivity index (χ0n) is 8.84. The summed E-state index contributed by atoms with van der Waals surface area (Å²) in [6.07, 6.45) is 6.58. The first-order valence-corrected chi connectivity index (χ1v) is 5.26. The summed E-state index contributed by atoms with van der Waals surface area (Å²) in [7, 11) is 0. The monoisotopic (exact) mass is 194 g/mol. The van der Waals surface area contributed by atoms with Crippen LogP contribution in [-0.4, -0.2) is 12.1 Å². The van der Waals surface area contributed by atoms with Gasteiger partial charge in [-0.2, -0.15) is 0 Å². The number of ketones is 1. The lowest BCUT2D eigenvalue weighted by molar-refractivity contribution is -0.114. The average molecular weight is 194 g/mol. The molecule has 14 heavy (non-hydrogen) atoms. The number of carbonyl (C=O) groups excluding carboxylic acids is 2. The maximum Gasteiger partial charge on any atom is 0.205 e. The van der Waals surface area contributed by atoms with E-state index in [9.17, 15) is 9.59 Å². The van der Waals surface area contributed by atoms with Crippen molar-refractivity contribution in [3.63, 3.8) is 0 Å². The second kappa shape index (κ2) is 9.98. The first kappa shape index (κ1) is 12.9. The molecule has 0 radical (unpaired) electrons. The molecule has 2 heteroatoms. The summed E-state index contributed by atoms with van der Waals surface area (Å²) in [4.78, 5) is 21.0. The molecule has 0 aromatic rings. The molecule has 0 bridgehead atoms. The molecule has 0 amide bonds. The topological polar surface area (TPSA) is 34.1 Å². The van der Waals surface area contributed by atoms with Crippen molar-refractivity contribution in [2.24, 2.45) is 0 Å². The summed E-state index contributed by atoms with van der Waals surface area (Å²) in [6.45, 7) is 2.06. The van der Waals surface area contributed by atoms with Crippen molar-refractivity contribution >= 4 is 12.1 Å². The van der Waals surface area contributed by atoms with Gasteiger partial charge >= 0.3 is 0 Å². The van der Waals surface area contributed by atoms with Crippen LogP contribution in [0.1, 0.15) is 51.9 Å². The number of Topliss-reactive ketones (excluding diaryl/α,β-unsaturated/α-hetero) is 1. The molecule has 0 aliphatic heterocycles. The van der Waals surface area contributed by atoms with Gasteiger partial charge in [0.15, 0.2) is 0 Å². The van der Waals surface area contributed by atoms with E-state index in [0.29, 0.717) is 12.8 Å². The molecule has 0 aromatic heterocycles. The summed E-state index contributed by atoms with van der Waals surface area (Å²) in [5, 5.41) is 0. The van der Waals surface area contributed by atoms with E-state index in [4.69, 9.17) is 0 Å². The van der Waals surface area contributed by atoms with E-state index in [1.165, 1.54) is 0 Å². The van der Waals surface area contributed by atoms with E-state index >= 15 is 0 Å². The fourth-order valence-electron chi connectivity index (χ4n) is 1.00. The van der Waals surface area contributed by atoms with Crippen LogP contribution >= 0.6 is 0 Å². The highest BCUT2D eigenvalue weighted by Crippen LogP contribution is 1.97. The molecule has 0 atom stereocenters. The Labute approximate surface area is 86.1 Å². The second-order valence-electron chi connectivity index (χ2n) is 3.24. The molecule has 0 spiro atoms. The maximum atomic E-state index is 11.1. The van der Waals surface area contributed by atoms with Crippen molar-refractivity contribution in [1.29, 1.82) is 0 Å². The van der Waals surface area contributed by atoms with Crippen molar-refractivity contribution in [1.82, 2.24) is 0 Å². The van der Waals surface area contributed by atoms with Crippen molar-refractivity contribution in [3.8, 4) is 11.8 Å². The van der Waals surface area contributed by atoms with E-state index in [1.54, 1.807) is 0 Å². The molecule has 0 heterocycles. The van der Waals surface area contributed by atoms with E-state index in [0.717, 1.165) is 38.4 Å². The molecule has 0 aromatic carbocycles. The highest BCUT2D eigenvalue weighted by atomic mass is 16.1. The zero-order valence-corrected chi connectivity index (χ0v) is 8.84. The Morgan fingerprint density at radius 1 is 1.29 bits per heavy atom. The minimum Gasteiger partial charge on any atom is -0.303 e. The smallest absolute Gasteiger partial charge is 0.205 e. The van der Waals surface area contributed by atoms with Gasteiger partial charge in [-0.05, 0) is 25.2 Å². The number of rotatable bonds is 7. The van der Waals surface area contributed by atoms with Gasteiger partial charge in [-0.3, -0.25) is 4.79 Å². The molecular formula is C12H18O2. The lowest BCUT2D eigenvalue weighted by atomic mass is 10.1. The van der Waals surface area contributed by atoms with Gasteiger partial charge in [-0.25, -0.2) is 0 Å². The molecule has 0 saturated heterocycles. The summed E-state index contributed by atoms with van der Waals surface area (Å²) >= 11 is 0. The van der Waals surface area contributed by atoms with Gasteiger partial charge in [0.05, 0.1) is 0 Å². The number of aldehydes is 1. The molecule has 0 rings (SSSR count). The van der Waals surface area contributed by atoms with Crippen molar-refractivity contribution in [2.75, 3.05) is 0 Å². The van der Waals surface area contributed by atoms with Gasteiger partial charge in [-0.15, -0.1) is 0 Å². The van der Waals surface area contributed by atoms with Crippen LogP contribution in [0.25, 0.3) is 0 Å². The number of unbranched alkanes of at least 4 members (excludes halogenated alkanes) is 4. The molecule has 0 aliphatic rings. The summed E-state index contributed by atoms with van der Waals surface area (Å²) in [6, 6.07) is 0. The van der Waals surface area contributed by atoms with E-state index in [2.05, 4.69) is 18.8 Å². The summed E-state index contributed by atoms with van der Waals surface area (Å²) in [5.74, 6) is 5.50. The van der Waals surface area contributed by atoms with Gasteiger partial charge in [0.25, 0.3) is 0 Å². The Morgan fingerprint density at radius 3 is 2.71 bits per heavy atom. The number of carbonyl (C=O) groups is 2. The Morgan fingerprint density at radius 2 is 2.07 bits per heavy atom. The van der Waals surface area contributed by atoms with Crippen LogP contribution in [0.5, 0.6) is 0 Å². The normalized spacial score (nSPS) is 8.93. The molecule has 0 unspecified atom stereocenters. The van der Waals surface area contributed by atoms with Crippen LogP contribution in [0, 0.1) is 11.8 Å². The van der Waals surface area contributed by atoms with Gasteiger partial charge in [0.1, 0.15) is 6.29 Å². The standard InChI is InChI=1S/C12H18O2/c1-2-3-9-12(14)10-7-5-4-6-8-11-13/h11H,2-6,8-9H2,1H3. The first-order valence-electron chi connectivity index (χ1n) is 5.26. The van der Waals surface area contributed by atoms with Crippen molar-refractivity contribution in [3.05, 3.63) is 0 Å². The van der Waals surface area contributed by atoms with Crippen LogP contribution in [-0.2, 0) is 9.59 Å². The van der Waals surface area contributed by atoms with Gasteiger partial charge in [0, 0.05) is 19.3 Å². The maximum absolute atomic E-state index is 11.1. The van der Waals surface area contributed by atoms with Gasteiger partial charge < -0.3 is 4.79 Å². The summed E-state index contributed by atoms with van der Waals surface area (Å²) < 4.78 is 0. The fraction of sp³-hybridized carbons (Fsp3) is 0.667. The SMILES string of the molecule is CCCCC(=O)C#CCCCCC=O. The van der Waals surface area contributed by atoms with Crippen LogP contribution in [0.3, 0.4) is 0 Å². The molecule has 78 valence electrons. The average Bonchev–Trinajstić information content (AvgIpc) is 2.20. The minimum absolute atomic E-state index is 0.0437. The summed E-state index contributed by atoms with van der Waals surface area (Å²) in [5.41, 5.74) is 0. The van der Waals surface area contributed by atoms with Gasteiger partial charge in [-0.1, -0.05) is 19.3 Å². The molecule has 0 saturated carbocycles. The fourth-order valence-corrected chi connectivity index (χ4v) is 1.00. The molecule has 0 aliphatic carbocycles. The van der Waals surface area contributed by atoms with E-state index in [-0.39, 0.29) is 5.78 Å². The quantitative estimate of drug-likeness (QED) is 0.270. The number of hydrogen-bond donors (Lipinski definition) is 0. The predicted octanol–water partition coefficient (Wildman–Crippen LogP) is 2.51. The van der Waals surface area contributed by atoms with Gasteiger partial charge in [0.2, 0.25) is 5.78 Å². The Balaban J connectivity index is 3.40. The van der Waals surface area contributed by atoms with Crippen molar-refractivity contribution in [2.45, 2.75) is 51.9 Å². The molecule has 2 nitrogen and oxygen atoms in total. The van der Waals surface area contributed by atoms with Crippen LogP contribution < -0.4 is 0 Å². The highest BCUT2D eigenvalue weighted by molar-refractivity contribution is 5.95. The van der Waals surface area contributed by atoms with Crippen LogP contribution in [0.4, 0.5) is 0 Å². The largest absolute Gasteiger partial charge is 0.303 e. The molecule has 0 fully saturated rings. The highest BCUT2D eigenvalue weighted by Gasteiger charge is 1.93. The Bertz CT molecular complexity index is 220. The predicted molar refractivity (Wildman–Crippen MR) is 56.8 cm³/mol. The lowest BCUT2D eigenvalue weighted by Crippen LogP contribution is -1.91. The Kier molecular flexibility index (Phi) is 9.20. The Hall–Kier alpha value is -1.10. The van der Waals surface area contributed by atoms with E-state index in [1.807, 2.05) is 0 Å². The lowest BCUT2D eigenvalue weighted by Gasteiger charge is -1.89. The molecular weight excluding hydrogens is 176 g/mol. The molecule has 0 N–H and O–H groups in total. The third-order valence-corrected chi connectivity index (χ3v) is 1.86. The first-order chi connectivity index (χ1) is 6.81. The third-order valence-electron chi connectivity index (χ3n) is 1.86. The number of hydrogen-bond acceptors (Lipinski definition) is 2.